The second-order valence-corrected chi connectivity index (χ2v) is 8.38. The summed E-state index contributed by atoms with van der Waals surface area (Å²) in [5, 5.41) is 7.97. The predicted molar refractivity (Wildman–Crippen MR) is 139 cm³/mol. The van der Waals surface area contributed by atoms with E-state index in [-0.39, 0.29) is 18.8 Å². The van der Waals surface area contributed by atoms with E-state index in [2.05, 4.69) is 10.4 Å². The summed E-state index contributed by atoms with van der Waals surface area (Å²) < 4.78 is 17.1. The van der Waals surface area contributed by atoms with Gasteiger partial charge in [-0.25, -0.2) is 19.1 Å². The van der Waals surface area contributed by atoms with Crippen molar-refractivity contribution in [2.45, 2.75) is 27.0 Å². The van der Waals surface area contributed by atoms with Gasteiger partial charge in [0.15, 0.2) is 0 Å². The average Bonchev–Trinajstić information content (AvgIpc) is 3.13. The zero-order valence-corrected chi connectivity index (χ0v) is 20.9. The lowest BCUT2D eigenvalue weighted by Crippen LogP contribution is -2.13. The molecule has 1 N–H and O–H groups in total. The molecule has 0 aliphatic carbocycles. The number of aryl methyl sites for hydroxylation is 1. The van der Waals surface area contributed by atoms with Gasteiger partial charge in [-0.2, -0.15) is 5.10 Å². The molecule has 2 aromatic carbocycles. The van der Waals surface area contributed by atoms with Crippen molar-refractivity contribution in [2.75, 3.05) is 11.9 Å². The number of hydrogen-bond acceptors (Lipinski definition) is 7. The first-order valence-corrected chi connectivity index (χ1v) is 11.8. The zero-order chi connectivity index (χ0) is 26.4. The number of nitrogens with one attached hydrogen (secondary N) is 1. The van der Waals surface area contributed by atoms with Crippen LogP contribution in [0.15, 0.2) is 69.9 Å². The molecule has 0 bridgehead atoms. The average molecular weight is 522 g/mol. The van der Waals surface area contributed by atoms with Gasteiger partial charge in [-0.1, -0.05) is 41.9 Å². The van der Waals surface area contributed by atoms with Crippen molar-refractivity contribution in [3.05, 3.63) is 98.6 Å². The molecule has 2 aromatic heterocycles. The van der Waals surface area contributed by atoms with Crippen LogP contribution in [-0.2, 0) is 27.4 Å². The van der Waals surface area contributed by atoms with Gasteiger partial charge in [0.05, 0.1) is 18.8 Å². The number of rotatable bonds is 8. The Morgan fingerprint density at radius 3 is 2.68 bits per heavy atom. The molecule has 1 amide bonds. The van der Waals surface area contributed by atoms with Gasteiger partial charge in [-0.15, -0.1) is 0 Å². The van der Waals surface area contributed by atoms with Gasteiger partial charge >= 0.3 is 17.7 Å². The molecule has 0 unspecified atom stereocenters. The molecule has 4 rings (SSSR count). The van der Waals surface area contributed by atoms with E-state index in [1.165, 1.54) is 18.2 Å². The number of amides is 1. The van der Waals surface area contributed by atoms with E-state index in [0.717, 1.165) is 5.56 Å². The number of anilines is 1. The normalized spacial score (nSPS) is 11.1. The summed E-state index contributed by atoms with van der Waals surface area (Å²) in [6.45, 7) is 4.06. The van der Waals surface area contributed by atoms with Gasteiger partial charge in [0.25, 0.3) is 0 Å². The fraction of sp³-hybridized carbons (Fsp3) is 0.185. The maximum Gasteiger partial charge on any atom is 0.411 e. The Kier molecular flexibility index (Phi) is 8.05. The fourth-order valence-corrected chi connectivity index (χ4v) is 3.98. The van der Waals surface area contributed by atoms with E-state index < -0.39 is 17.7 Å². The van der Waals surface area contributed by atoms with E-state index >= 15 is 0 Å². The fourth-order valence-electron chi connectivity index (χ4n) is 3.68. The maximum absolute atomic E-state index is 12.4. The molecule has 0 saturated heterocycles. The Morgan fingerprint density at radius 1 is 1.14 bits per heavy atom. The van der Waals surface area contributed by atoms with E-state index in [4.69, 9.17) is 25.5 Å². The van der Waals surface area contributed by atoms with Crippen LogP contribution in [0.5, 0.6) is 0 Å². The molecule has 9 nitrogen and oxygen atoms in total. The van der Waals surface area contributed by atoms with Crippen molar-refractivity contribution in [1.29, 1.82) is 0 Å². The van der Waals surface area contributed by atoms with Gasteiger partial charge in [0, 0.05) is 40.4 Å². The lowest BCUT2D eigenvalue weighted by molar-refractivity contribution is -0.138. The molecule has 0 spiro atoms. The van der Waals surface area contributed by atoms with Crippen molar-refractivity contribution in [3.63, 3.8) is 0 Å². The number of aromatic nitrogens is 2. The molecule has 10 heteroatoms. The molecule has 0 radical (unpaired) electrons. The van der Waals surface area contributed by atoms with Crippen LogP contribution in [0, 0.1) is 6.92 Å². The van der Waals surface area contributed by atoms with Crippen LogP contribution in [0.3, 0.4) is 0 Å². The third kappa shape index (κ3) is 6.45. The monoisotopic (exact) mass is 521 g/mol. The summed E-state index contributed by atoms with van der Waals surface area (Å²) in [7, 11) is 0. The Morgan fingerprint density at radius 2 is 1.92 bits per heavy atom. The summed E-state index contributed by atoms with van der Waals surface area (Å²) >= 11 is 6.50. The largest absolute Gasteiger partial charge is 0.458 e. The zero-order valence-electron chi connectivity index (χ0n) is 20.2. The van der Waals surface area contributed by atoms with Crippen molar-refractivity contribution in [3.8, 4) is 0 Å². The molecule has 0 fully saturated rings. The van der Waals surface area contributed by atoms with E-state index in [1.807, 2.05) is 30.3 Å². The highest BCUT2D eigenvalue weighted by atomic mass is 35.5. The molecular formula is C27H24ClN3O6. The molecule has 0 aliphatic rings. The number of fused-ring (bicyclic) bond motifs is 1. The van der Waals surface area contributed by atoms with Gasteiger partial charge in [0.1, 0.15) is 17.3 Å². The summed E-state index contributed by atoms with van der Waals surface area (Å²) in [5.41, 5.74) is 2.80. The van der Waals surface area contributed by atoms with Crippen molar-refractivity contribution >= 4 is 46.4 Å². The minimum Gasteiger partial charge on any atom is -0.458 e. The van der Waals surface area contributed by atoms with Gasteiger partial charge in [0.2, 0.25) is 0 Å². The van der Waals surface area contributed by atoms with Crippen molar-refractivity contribution < 1.29 is 23.5 Å². The Labute approximate surface area is 217 Å². The molecule has 0 saturated carbocycles. The molecule has 37 heavy (non-hydrogen) atoms. The van der Waals surface area contributed by atoms with Crippen LogP contribution in [-0.4, -0.2) is 28.4 Å². The lowest BCUT2D eigenvalue weighted by Gasteiger charge is -2.08. The Bertz CT molecular complexity index is 1520. The van der Waals surface area contributed by atoms with E-state index in [0.29, 0.717) is 39.6 Å². The molecule has 190 valence electrons. The van der Waals surface area contributed by atoms with Crippen molar-refractivity contribution in [1.82, 2.24) is 9.78 Å². The van der Waals surface area contributed by atoms with Gasteiger partial charge in [-0.05, 0) is 37.6 Å². The second kappa shape index (κ2) is 11.6. The number of halogens is 1. The minimum atomic E-state index is -0.623. The summed E-state index contributed by atoms with van der Waals surface area (Å²) in [4.78, 5) is 36.1. The molecule has 0 atom stereocenters. The van der Waals surface area contributed by atoms with Crippen LogP contribution >= 0.6 is 11.6 Å². The summed E-state index contributed by atoms with van der Waals surface area (Å²) in [6, 6.07) is 15.8. The highest BCUT2D eigenvalue weighted by Gasteiger charge is 2.13. The number of carbonyl (C=O) groups is 2. The SMILES string of the molecule is CCOC(=O)Nc1ccc2c(COC(=O)C=Cc3c(C)nn(Cc4ccccc4)c3Cl)cc(=O)oc2c1. The highest BCUT2D eigenvalue weighted by molar-refractivity contribution is 6.31. The van der Waals surface area contributed by atoms with Crippen molar-refractivity contribution in [2.24, 2.45) is 0 Å². The number of nitrogens with zero attached hydrogens (tertiary/aromatic N) is 2. The lowest BCUT2D eigenvalue weighted by atomic mass is 10.1. The maximum atomic E-state index is 12.4. The summed E-state index contributed by atoms with van der Waals surface area (Å²) in [5.74, 6) is -0.617. The van der Waals surface area contributed by atoms with Crippen LogP contribution in [0.4, 0.5) is 10.5 Å². The van der Waals surface area contributed by atoms with Gasteiger partial charge < -0.3 is 13.9 Å². The first-order valence-electron chi connectivity index (χ1n) is 11.5. The highest BCUT2D eigenvalue weighted by Crippen LogP contribution is 2.24. The third-order valence-electron chi connectivity index (χ3n) is 5.39. The predicted octanol–water partition coefficient (Wildman–Crippen LogP) is 5.32. The van der Waals surface area contributed by atoms with Gasteiger partial charge in [-0.3, -0.25) is 5.32 Å². The molecule has 2 heterocycles. The molecular weight excluding hydrogens is 498 g/mol. The quantitative estimate of drug-likeness (QED) is 0.189. The standard InChI is InChI=1S/C27H24ClN3O6/c1-3-35-27(34)29-20-9-10-22-19(13-25(33)37-23(22)14-20)16-36-24(32)12-11-21-17(2)30-31(26(21)28)15-18-7-5-4-6-8-18/h4-14H,3,15-16H2,1-2H3,(H,29,34). The summed E-state index contributed by atoms with van der Waals surface area (Å²) in [6.07, 6.45) is 2.19. The van der Waals surface area contributed by atoms with E-state index in [1.54, 1.807) is 36.7 Å². The van der Waals surface area contributed by atoms with Crippen LogP contribution in [0.1, 0.15) is 29.3 Å². The van der Waals surface area contributed by atoms with Crippen LogP contribution in [0.25, 0.3) is 17.0 Å². The Balaban J connectivity index is 1.44. The number of hydrogen-bond donors (Lipinski definition) is 1. The molecule has 4 aromatic rings. The van der Waals surface area contributed by atoms with E-state index in [9.17, 15) is 14.4 Å². The minimum absolute atomic E-state index is 0.157. The van der Waals surface area contributed by atoms with Crippen LogP contribution < -0.4 is 10.9 Å². The first-order chi connectivity index (χ1) is 17.8. The van der Waals surface area contributed by atoms with Crippen LogP contribution in [0.2, 0.25) is 5.15 Å². The first kappa shape index (κ1) is 25.7. The Hall–Kier alpha value is -4.37. The number of benzene rings is 2. The third-order valence-corrected chi connectivity index (χ3v) is 5.79. The number of esters is 1. The smallest absolute Gasteiger partial charge is 0.411 e. The topological polar surface area (TPSA) is 113 Å². The number of ether oxygens (including phenoxy) is 2. The number of carbonyl (C=O) groups excluding carboxylic acids is 2. The second-order valence-electron chi connectivity index (χ2n) is 8.02. The molecule has 0 aliphatic heterocycles.